The fourth-order valence-electron chi connectivity index (χ4n) is 0.938. The molecule has 0 bridgehead atoms. The molecule has 0 aromatic carbocycles. The third-order valence-corrected chi connectivity index (χ3v) is 1.86. The van der Waals surface area contributed by atoms with E-state index in [1.807, 2.05) is 0 Å². The van der Waals surface area contributed by atoms with Crippen molar-refractivity contribution in [1.82, 2.24) is 0 Å². The molecule has 0 fully saturated rings. The van der Waals surface area contributed by atoms with E-state index in [4.69, 9.17) is 19.9 Å². The van der Waals surface area contributed by atoms with Crippen LogP contribution >= 0.6 is 0 Å². The second kappa shape index (κ2) is 8.46. The molecule has 2 N–H and O–H groups in total. The maximum absolute atomic E-state index is 11.2. The van der Waals surface area contributed by atoms with Gasteiger partial charge in [0.05, 0.1) is 40.1 Å². The predicted octanol–water partition coefficient (Wildman–Crippen LogP) is -0.444. The number of hydrogen-bond acceptors (Lipinski definition) is 6. The zero-order valence-corrected chi connectivity index (χ0v) is 10.2. The Kier molecular flexibility index (Phi) is 8.10. The van der Waals surface area contributed by atoms with Gasteiger partial charge in [0.25, 0.3) is 0 Å². The van der Waals surface area contributed by atoms with Gasteiger partial charge in [-0.25, -0.2) is 4.79 Å². The summed E-state index contributed by atoms with van der Waals surface area (Å²) in [6.07, 6.45) is 0. The van der Waals surface area contributed by atoms with E-state index < -0.39 is 11.5 Å². The molecular formula is C10H21NO5. The Bertz CT molecular complexity index is 196. The molecule has 0 saturated carbocycles. The first-order valence-electron chi connectivity index (χ1n) is 5.06. The van der Waals surface area contributed by atoms with E-state index in [2.05, 4.69) is 4.74 Å². The molecule has 0 rings (SSSR count). The SMILES string of the molecule is COCCOCCOCC(C)(N)C(=O)OC. The van der Waals surface area contributed by atoms with Crippen molar-refractivity contribution in [3.8, 4) is 0 Å². The number of esters is 1. The van der Waals surface area contributed by atoms with E-state index in [0.29, 0.717) is 26.4 Å². The number of hydrogen-bond donors (Lipinski definition) is 1. The second-order valence-corrected chi connectivity index (χ2v) is 3.57. The highest BCUT2D eigenvalue weighted by atomic mass is 16.5. The number of carbonyl (C=O) groups excluding carboxylic acids is 1. The van der Waals surface area contributed by atoms with Crippen molar-refractivity contribution >= 4 is 5.97 Å². The maximum Gasteiger partial charge on any atom is 0.327 e. The minimum Gasteiger partial charge on any atom is -0.468 e. The van der Waals surface area contributed by atoms with Gasteiger partial charge in [-0.1, -0.05) is 0 Å². The van der Waals surface area contributed by atoms with Gasteiger partial charge in [-0.15, -0.1) is 0 Å². The van der Waals surface area contributed by atoms with Crippen molar-refractivity contribution in [3.05, 3.63) is 0 Å². The molecule has 0 saturated heterocycles. The first-order chi connectivity index (χ1) is 7.54. The van der Waals surface area contributed by atoms with E-state index in [9.17, 15) is 4.79 Å². The van der Waals surface area contributed by atoms with Crippen LogP contribution < -0.4 is 5.73 Å². The van der Waals surface area contributed by atoms with E-state index in [1.165, 1.54) is 7.11 Å². The third kappa shape index (κ3) is 6.73. The first-order valence-corrected chi connectivity index (χ1v) is 5.06. The van der Waals surface area contributed by atoms with E-state index >= 15 is 0 Å². The highest BCUT2D eigenvalue weighted by Gasteiger charge is 2.29. The lowest BCUT2D eigenvalue weighted by Crippen LogP contribution is -2.50. The number of methoxy groups -OCH3 is 2. The molecule has 0 aliphatic heterocycles. The summed E-state index contributed by atoms with van der Waals surface area (Å²) in [5.41, 5.74) is 4.56. The van der Waals surface area contributed by atoms with Crippen LogP contribution in [0.3, 0.4) is 0 Å². The molecule has 16 heavy (non-hydrogen) atoms. The number of nitrogens with two attached hydrogens (primary N) is 1. The van der Waals surface area contributed by atoms with Crippen LogP contribution in [0.25, 0.3) is 0 Å². The minimum absolute atomic E-state index is 0.104. The molecule has 6 heteroatoms. The van der Waals surface area contributed by atoms with Crippen molar-refractivity contribution in [2.24, 2.45) is 5.73 Å². The Labute approximate surface area is 96.0 Å². The minimum atomic E-state index is -1.11. The quantitative estimate of drug-likeness (QED) is 0.431. The summed E-state index contributed by atoms with van der Waals surface area (Å²) in [4.78, 5) is 11.2. The topological polar surface area (TPSA) is 80.0 Å². The number of rotatable bonds is 9. The smallest absolute Gasteiger partial charge is 0.327 e. The van der Waals surface area contributed by atoms with E-state index in [0.717, 1.165) is 0 Å². The first kappa shape index (κ1) is 15.3. The van der Waals surface area contributed by atoms with Crippen molar-refractivity contribution in [2.45, 2.75) is 12.5 Å². The van der Waals surface area contributed by atoms with Gasteiger partial charge < -0.3 is 24.7 Å². The summed E-state index contributed by atoms with van der Waals surface area (Å²) in [5, 5.41) is 0. The Balaban J connectivity index is 3.47. The van der Waals surface area contributed by atoms with Crippen molar-refractivity contribution in [2.75, 3.05) is 47.3 Å². The molecule has 1 unspecified atom stereocenters. The molecule has 96 valence electrons. The van der Waals surface area contributed by atoms with Crippen LogP contribution in [0.15, 0.2) is 0 Å². The van der Waals surface area contributed by atoms with E-state index in [-0.39, 0.29) is 6.61 Å². The van der Waals surface area contributed by atoms with Gasteiger partial charge in [0.15, 0.2) is 0 Å². The summed E-state index contributed by atoms with van der Waals surface area (Å²) in [6, 6.07) is 0. The van der Waals surface area contributed by atoms with Crippen LogP contribution in [0.5, 0.6) is 0 Å². The molecule has 0 aliphatic carbocycles. The zero-order valence-electron chi connectivity index (χ0n) is 10.2. The van der Waals surface area contributed by atoms with Crippen LogP contribution in [-0.2, 0) is 23.7 Å². The number of ether oxygens (including phenoxy) is 4. The van der Waals surface area contributed by atoms with Gasteiger partial charge in [-0.05, 0) is 6.92 Å². The lowest BCUT2D eigenvalue weighted by Gasteiger charge is -2.21. The van der Waals surface area contributed by atoms with Gasteiger partial charge >= 0.3 is 5.97 Å². The largest absolute Gasteiger partial charge is 0.468 e. The summed E-state index contributed by atoms with van der Waals surface area (Å²) in [5.74, 6) is -0.493. The molecule has 0 heterocycles. The van der Waals surface area contributed by atoms with Gasteiger partial charge in [0.1, 0.15) is 5.54 Å². The zero-order chi connectivity index (χ0) is 12.4. The standard InChI is InChI=1S/C10H21NO5/c1-10(11,9(12)14-3)8-16-7-6-15-5-4-13-2/h4-8,11H2,1-3H3. The lowest BCUT2D eigenvalue weighted by atomic mass is 10.1. The molecule has 0 radical (unpaired) electrons. The van der Waals surface area contributed by atoms with Crippen molar-refractivity contribution in [1.29, 1.82) is 0 Å². The Morgan fingerprint density at radius 2 is 1.69 bits per heavy atom. The predicted molar refractivity (Wildman–Crippen MR) is 58.1 cm³/mol. The van der Waals surface area contributed by atoms with Crippen LogP contribution in [0.1, 0.15) is 6.92 Å². The molecular weight excluding hydrogens is 214 g/mol. The summed E-state index contributed by atoms with van der Waals surface area (Å²) >= 11 is 0. The molecule has 0 aromatic rings. The molecule has 0 aliphatic rings. The Morgan fingerprint density at radius 1 is 1.12 bits per heavy atom. The van der Waals surface area contributed by atoms with Gasteiger partial charge in [0.2, 0.25) is 0 Å². The lowest BCUT2D eigenvalue weighted by molar-refractivity contribution is -0.149. The van der Waals surface area contributed by atoms with Gasteiger partial charge in [-0.2, -0.15) is 0 Å². The molecule has 0 amide bonds. The summed E-state index contributed by atoms with van der Waals surface area (Å²) in [7, 11) is 2.90. The van der Waals surface area contributed by atoms with E-state index in [1.54, 1.807) is 14.0 Å². The van der Waals surface area contributed by atoms with Crippen LogP contribution in [0.2, 0.25) is 0 Å². The van der Waals surface area contributed by atoms with Crippen molar-refractivity contribution in [3.63, 3.8) is 0 Å². The fourth-order valence-corrected chi connectivity index (χ4v) is 0.938. The summed E-state index contributed by atoms with van der Waals surface area (Å²) in [6.45, 7) is 3.57. The molecule has 0 spiro atoms. The average molecular weight is 235 g/mol. The van der Waals surface area contributed by atoms with Gasteiger partial charge in [0, 0.05) is 7.11 Å². The van der Waals surface area contributed by atoms with Crippen LogP contribution in [0, 0.1) is 0 Å². The van der Waals surface area contributed by atoms with Crippen LogP contribution in [-0.4, -0.2) is 58.8 Å². The highest BCUT2D eigenvalue weighted by molar-refractivity contribution is 5.80. The fraction of sp³-hybridized carbons (Fsp3) is 0.900. The van der Waals surface area contributed by atoms with Crippen LogP contribution in [0.4, 0.5) is 0 Å². The van der Waals surface area contributed by atoms with Crippen molar-refractivity contribution < 1.29 is 23.7 Å². The molecule has 1 atom stereocenters. The average Bonchev–Trinajstić information content (AvgIpc) is 2.26. The molecule has 6 nitrogen and oxygen atoms in total. The number of carbonyl (C=O) groups is 1. The highest BCUT2D eigenvalue weighted by Crippen LogP contribution is 2.02. The van der Waals surface area contributed by atoms with Gasteiger partial charge in [-0.3, -0.25) is 0 Å². The maximum atomic E-state index is 11.2. The second-order valence-electron chi connectivity index (χ2n) is 3.57. The normalized spacial score (nSPS) is 14.5. The molecule has 0 aromatic heterocycles. The summed E-state index contributed by atoms with van der Waals surface area (Å²) < 4.78 is 19.7. The monoisotopic (exact) mass is 235 g/mol. The Morgan fingerprint density at radius 3 is 2.25 bits per heavy atom. The Hall–Kier alpha value is -0.690. The third-order valence-electron chi connectivity index (χ3n) is 1.86.